The second kappa shape index (κ2) is 3.17. The molecular formula is C12H13N. The molecule has 0 spiro atoms. The molecule has 1 aliphatic rings. The van der Waals surface area contributed by atoms with Crippen LogP contribution in [0.15, 0.2) is 24.4 Å². The predicted molar refractivity (Wildman–Crippen MR) is 56.2 cm³/mol. The molecule has 0 aromatic carbocycles. The van der Waals surface area contributed by atoms with Crippen LogP contribution in [-0.2, 0) is 0 Å². The van der Waals surface area contributed by atoms with E-state index < -0.39 is 0 Å². The molecule has 0 saturated heterocycles. The molecule has 0 bridgehead atoms. The van der Waals surface area contributed by atoms with Crippen LogP contribution in [-0.4, -0.2) is 4.98 Å². The SMILES string of the molecule is Cc1cnc2c(c1)C=CC(C)C=C2. The zero-order chi connectivity index (χ0) is 9.26. The lowest BCUT2D eigenvalue weighted by atomic mass is 10.1. The third-order valence-electron chi connectivity index (χ3n) is 2.22. The van der Waals surface area contributed by atoms with Gasteiger partial charge in [0.1, 0.15) is 0 Å². The summed E-state index contributed by atoms with van der Waals surface area (Å²) in [6, 6.07) is 2.17. The van der Waals surface area contributed by atoms with Gasteiger partial charge < -0.3 is 0 Å². The Morgan fingerprint density at radius 1 is 1.23 bits per heavy atom. The van der Waals surface area contributed by atoms with Crippen LogP contribution in [0.2, 0.25) is 0 Å². The summed E-state index contributed by atoms with van der Waals surface area (Å²) in [4.78, 5) is 4.38. The van der Waals surface area contributed by atoms with Gasteiger partial charge in [-0.2, -0.15) is 0 Å². The number of nitrogens with zero attached hydrogens (tertiary/aromatic N) is 1. The maximum Gasteiger partial charge on any atom is 0.0699 e. The van der Waals surface area contributed by atoms with Gasteiger partial charge in [0.2, 0.25) is 0 Å². The Balaban J connectivity index is 2.53. The number of allylic oxidation sites excluding steroid dienone is 2. The highest BCUT2D eigenvalue weighted by Gasteiger charge is 2.02. The van der Waals surface area contributed by atoms with E-state index in [2.05, 4.69) is 49.2 Å². The average Bonchev–Trinajstić information content (AvgIpc) is 2.29. The Hall–Kier alpha value is -1.37. The minimum absolute atomic E-state index is 0.509. The van der Waals surface area contributed by atoms with Gasteiger partial charge in [-0.25, -0.2) is 0 Å². The van der Waals surface area contributed by atoms with Gasteiger partial charge >= 0.3 is 0 Å². The summed E-state index contributed by atoms with van der Waals surface area (Å²) in [5, 5.41) is 0. The molecule has 0 fully saturated rings. The van der Waals surface area contributed by atoms with Crippen LogP contribution in [0.4, 0.5) is 0 Å². The van der Waals surface area contributed by atoms with Gasteiger partial charge in [-0.3, -0.25) is 4.98 Å². The maximum atomic E-state index is 4.38. The summed E-state index contributed by atoms with van der Waals surface area (Å²) in [5.74, 6) is 0.509. The lowest BCUT2D eigenvalue weighted by molar-refractivity contribution is 0.953. The molecular weight excluding hydrogens is 158 g/mol. The molecule has 1 aliphatic carbocycles. The summed E-state index contributed by atoms with van der Waals surface area (Å²) in [5.41, 5.74) is 3.51. The Bertz CT molecular complexity index is 375. The van der Waals surface area contributed by atoms with E-state index in [1.807, 2.05) is 6.20 Å². The first kappa shape index (κ1) is 8.24. The van der Waals surface area contributed by atoms with Gasteiger partial charge in [-0.15, -0.1) is 0 Å². The third-order valence-corrected chi connectivity index (χ3v) is 2.22. The van der Waals surface area contributed by atoms with Gasteiger partial charge in [0, 0.05) is 11.8 Å². The van der Waals surface area contributed by atoms with Crippen molar-refractivity contribution >= 4 is 12.2 Å². The van der Waals surface area contributed by atoms with Crippen molar-refractivity contribution in [3.8, 4) is 0 Å². The monoisotopic (exact) mass is 171 g/mol. The fourth-order valence-electron chi connectivity index (χ4n) is 1.44. The van der Waals surface area contributed by atoms with Crippen molar-refractivity contribution in [3.63, 3.8) is 0 Å². The molecule has 1 heterocycles. The molecule has 1 unspecified atom stereocenters. The highest BCUT2D eigenvalue weighted by Crippen LogP contribution is 2.18. The van der Waals surface area contributed by atoms with E-state index in [1.54, 1.807) is 0 Å². The minimum Gasteiger partial charge on any atom is -0.256 e. The van der Waals surface area contributed by atoms with E-state index in [0.29, 0.717) is 5.92 Å². The number of rotatable bonds is 0. The topological polar surface area (TPSA) is 12.9 Å². The largest absolute Gasteiger partial charge is 0.256 e. The van der Waals surface area contributed by atoms with Gasteiger partial charge in [0.15, 0.2) is 0 Å². The summed E-state index contributed by atoms with van der Waals surface area (Å²) < 4.78 is 0. The molecule has 1 atom stereocenters. The third kappa shape index (κ3) is 1.69. The maximum absolute atomic E-state index is 4.38. The van der Waals surface area contributed by atoms with Crippen molar-refractivity contribution in [2.75, 3.05) is 0 Å². The van der Waals surface area contributed by atoms with Crippen molar-refractivity contribution in [1.82, 2.24) is 4.98 Å². The Morgan fingerprint density at radius 3 is 2.85 bits per heavy atom. The van der Waals surface area contributed by atoms with Crippen molar-refractivity contribution in [3.05, 3.63) is 41.2 Å². The normalized spacial score (nSPS) is 19.7. The van der Waals surface area contributed by atoms with Gasteiger partial charge in [-0.05, 0) is 30.5 Å². The number of fused-ring (bicyclic) bond motifs is 1. The lowest BCUT2D eigenvalue weighted by Crippen LogP contribution is -1.86. The van der Waals surface area contributed by atoms with Gasteiger partial charge in [-0.1, -0.05) is 25.2 Å². The van der Waals surface area contributed by atoms with E-state index in [1.165, 1.54) is 11.1 Å². The molecule has 1 aromatic heterocycles. The molecule has 2 rings (SSSR count). The predicted octanol–water partition coefficient (Wildman–Crippen LogP) is 3.07. The van der Waals surface area contributed by atoms with Crippen molar-refractivity contribution < 1.29 is 0 Å². The molecule has 0 saturated carbocycles. The van der Waals surface area contributed by atoms with E-state index in [4.69, 9.17) is 0 Å². The molecule has 1 nitrogen and oxygen atoms in total. The number of hydrogen-bond donors (Lipinski definition) is 0. The number of pyridine rings is 1. The minimum atomic E-state index is 0.509. The highest BCUT2D eigenvalue weighted by molar-refractivity contribution is 5.65. The Kier molecular flexibility index (Phi) is 2.01. The zero-order valence-electron chi connectivity index (χ0n) is 7.99. The van der Waals surface area contributed by atoms with Crippen molar-refractivity contribution in [1.29, 1.82) is 0 Å². The van der Waals surface area contributed by atoms with Crippen LogP contribution in [0.25, 0.3) is 12.2 Å². The fourth-order valence-corrected chi connectivity index (χ4v) is 1.44. The summed E-state index contributed by atoms with van der Waals surface area (Å²) in [6.45, 7) is 4.24. The number of aromatic nitrogens is 1. The second-order valence-corrected chi connectivity index (χ2v) is 3.56. The van der Waals surface area contributed by atoms with Crippen LogP contribution >= 0.6 is 0 Å². The van der Waals surface area contributed by atoms with Crippen LogP contribution in [0, 0.1) is 12.8 Å². The second-order valence-electron chi connectivity index (χ2n) is 3.56. The van der Waals surface area contributed by atoms with E-state index >= 15 is 0 Å². The summed E-state index contributed by atoms with van der Waals surface area (Å²) in [7, 11) is 0. The zero-order valence-corrected chi connectivity index (χ0v) is 7.99. The standard InChI is InChI=1S/C12H13N/c1-9-3-5-11-7-10(2)8-13-12(11)6-4-9/h3-9H,1-2H3. The van der Waals surface area contributed by atoms with Crippen LogP contribution in [0.3, 0.4) is 0 Å². The number of aryl methyl sites for hydroxylation is 1. The van der Waals surface area contributed by atoms with Crippen molar-refractivity contribution in [2.45, 2.75) is 13.8 Å². The first-order valence-corrected chi connectivity index (χ1v) is 4.59. The van der Waals surface area contributed by atoms with Gasteiger partial charge in [0.05, 0.1) is 5.69 Å². The quantitative estimate of drug-likeness (QED) is 0.584. The summed E-state index contributed by atoms with van der Waals surface area (Å²) in [6.07, 6.45) is 10.5. The molecule has 0 radical (unpaired) electrons. The van der Waals surface area contributed by atoms with E-state index in [-0.39, 0.29) is 0 Å². The average molecular weight is 171 g/mol. The molecule has 13 heavy (non-hydrogen) atoms. The lowest BCUT2D eigenvalue weighted by Gasteiger charge is -1.99. The first-order chi connectivity index (χ1) is 6.25. The summed E-state index contributed by atoms with van der Waals surface area (Å²) >= 11 is 0. The van der Waals surface area contributed by atoms with E-state index in [9.17, 15) is 0 Å². The Labute approximate surface area is 78.8 Å². The van der Waals surface area contributed by atoms with Gasteiger partial charge in [0.25, 0.3) is 0 Å². The molecule has 0 amide bonds. The molecule has 0 N–H and O–H groups in total. The van der Waals surface area contributed by atoms with Crippen LogP contribution in [0.5, 0.6) is 0 Å². The van der Waals surface area contributed by atoms with Crippen LogP contribution in [0.1, 0.15) is 23.7 Å². The smallest absolute Gasteiger partial charge is 0.0699 e. The number of hydrogen-bond acceptors (Lipinski definition) is 1. The fraction of sp³-hybridized carbons (Fsp3) is 0.250. The van der Waals surface area contributed by atoms with Crippen molar-refractivity contribution in [2.24, 2.45) is 5.92 Å². The molecule has 0 aliphatic heterocycles. The first-order valence-electron chi connectivity index (χ1n) is 4.59. The van der Waals surface area contributed by atoms with E-state index in [0.717, 1.165) is 5.69 Å². The Morgan fingerprint density at radius 2 is 2.00 bits per heavy atom. The molecule has 1 aromatic rings. The molecule has 1 heteroatoms. The van der Waals surface area contributed by atoms with Crippen LogP contribution < -0.4 is 0 Å². The molecule has 66 valence electrons. The highest BCUT2D eigenvalue weighted by atomic mass is 14.7.